The molecule has 2 saturated heterocycles. The van der Waals surface area contributed by atoms with Crippen LogP contribution < -0.4 is 10.1 Å². The number of carbonyl (C=O) groups is 1. The van der Waals surface area contributed by atoms with Gasteiger partial charge in [0, 0.05) is 50.5 Å². The second-order valence-electron chi connectivity index (χ2n) is 6.77. The Hall–Kier alpha value is -1.54. The number of rotatable bonds is 6. The van der Waals surface area contributed by atoms with Crippen molar-refractivity contribution in [1.29, 1.82) is 0 Å². The molecule has 0 radical (unpaired) electrons. The second-order valence-corrected chi connectivity index (χ2v) is 7.20. The summed E-state index contributed by atoms with van der Waals surface area (Å²) in [5.41, 5.74) is 0.582. The summed E-state index contributed by atoms with van der Waals surface area (Å²) < 4.78 is 16.2. The first-order valence-corrected chi connectivity index (χ1v) is 9.84. The second kappa shape index (κ2) is 10.1. The number of anilines is 1. The van der Waals surface area contributed by atoms with Crippen LogP contribution in [0.1, 0.15) is 12.8 Å². The number of amides is 2. The molecule has 150 valence electrons. The van der Waals surface area contributed by atoms with E-state index in [0.717, 1.165) is 45.7 Å². The zero-order valence-electron chi connectivity index (χ0n) is 15.8. The minimum absolute atomic E-state index is 0.129. The van der Waals surface area contributed by atoms with Gasteiger partial charge in [0.15, 0.2) is 0 Å². The summed E-state index contributed by atoms with van der Waals surface area (Å²) in [6.07, 6.45) is 1.70. The third kappa shape index (κ3) is 5.72. The van der Waals surface area contributed by atoms with Crippen molar-refractivity contribution in [2.24, 2.45) is 0 Å². The van der Waals surface area contributed by atoms with E-state index in [4.69, 9.17) is 25.8 Å². The molecular weight excluding hydrogens is 370 g/mol. The number of hydrogen-bond acceptors (Lipinski definition) is 5. The van der Waals surface area contributed by atoms with Crippen molar-refractivity contribution in [1.82, 2.24) is 9.80 Å². The first-order valence-electron chi connectivity index (χ1n) is 9.46. The number of urea groups is 1. The van der Waals surface area contributed by atoms with E-state index in [2.05, 4.69) is 10.2 Å². The van der Waals surface area contributed by atoms with E-state index in [9.17, 15) is 4.79 Å². The van der Waals surface area contributed by atoms with E-state index in [1.165, 1.54) is 0 Å². The van der Waals surface area contributed by atoms with Gasteiger partial charge < -0.3 is 24.4 Å². The third-order valence-corrected chi connectivity index (χ3v) is 5.29. The lowest BCUT2D eigenvalue weighted by molar-refractivity contribution is 0.0238. The highest BCUT2D eigenvalue weighted by Crippen LogP contribution is 2.28. The molecule has 2 fully saturated rings. The summed E-state index contributed by atoms with van der Waals surface area (Å²) in [4.78, 5) is 17.4. The molecule has 2 aliphatic heterocycles. The Morgan fingerprint density at radius 3 is 2.67 bits per heavy atom. The van der Waals surface area contributed by atoms with Crippen molar-refractivity contribution in [3.8, 4) is 5.75 Å². The zero-order chi connectivity index (χ0) is 19.1. The average molecular weight is 398 g/mol. The number of morpholine rings is 1. The van der Waals surface area contributed by atoms with Crippen LogP contribution in [0.5, 0.6) is 5.75 Å². The minimum atomic E-state index is -0.129. The van der Waals surface area contributed by atoms with Gasteiger partial charge in [-0.1, -0.05) is 11.6 Å². The van der Waals surface area contributed by atoms with Crippen LogP contribution in [-0.2, 0) is 9.47 Å². The first kappa shape index (κ1) is 20.2. The summed E-state index contributed by atoms with van der Waals surface area (Å²) in [6.45, 7) is 6.20. The predicted molar refractivity (Wildman–Crippen MR) is 105 cm³/mol. The smallest absolute Gasteiger partial charge is 0.322 e. The summed E-state index contributed by atoms with van der Waals surface area (Å²) in [5.74, 6) is 0.591. The van der Waals surface area contributed by atoms with Crippen LogP contribution in [0.15, 0.2) is 18.2 Å². The molecule has 1 aromatic rings. The maximum absolute atomic E-state index is 13.1. The molecule has 7 nitrogen and oxygen atoms in total. The number of hydrogen-bond donors (Lipinski definition) is 1. The molecule has 27 heavy (non-hydrogen) atoms. The lowest BCUT2D eigenvalue weighted by Gasteiger charge is -2.36. The Balaban J connectivity index is 1.68. The topological polar surface area (TPSA) is 63.3 Å². The number of nitrogens with zero attached hydrogens (tertiary/aromatic N) is 2. The van der Waals surface area contributed by atoms with Crippen molar-refractivity contribution in [3.05, 3.63) is 23.2 Å². The zero-order valence-corrected chi connectivity index (χ0v) is 16.5. The van der Waals surface area contributed by atoms with Crippen LogP contribution in [0.3, 0.4) is 0 Å². The molecule has 2 heterocycles. The maximum atomic E-state index is 13.1. The van der Waals surface area contributed by atoms with E-state index < -0.39 is 0 Å². The van der Waals surface area contributed by atoms with Crippen molar-refractivity contribution in [2.45, 2.75) is 18.9 Å². The van der Waals surface area contributed by atoms with Crippen LogP contribution in [0, 0.1) is 0 Å². The number of carbonyl (C=O) groups excluding carboxylic acids is 1. The van der Waals surface area contributed by atoms with Crippen LogP contribution in [-0.4, -0.2) is 81.6 Å². The summed E-state index contributed by atoms with van der Waals surface area (Å²) in [7, 11) is 1.58. The molecule has 0 spiro atoms. The summed E-state index contributed by atoms with van der Waals surface area (Å²) >= 11 is 6.09. The van der Waals surface area contributed by atoms with E-state index >= 15 is 0 Å². The normalized spacial score (nSPS) is 18.9. The molecule has 8 heteroatoms. The first-order chi connectivity index (χ1) is 13.2. The van der Waals surface area contributed by atoms with E-state index in [-0.39, 0.29) is 12.1 Å². The van der Waals surface area contributed by atoms with Crippen LogP contribution >= 0.6 is 11.6 Å². The number of methoxy groups -OCH3 is 1. The predicted octanol–water partition coefficient (Wildman–Crippen LogP) is 2.69. The van der Waals surface area contributed by atoms with Gasteiger partial charge in [0.2, 0.25) is 0 Å². The minimum Gasteiger partial charge on any atom is -0.495 e. The highest BCUT2D eigenvalue weighted by molar-refractivity contribution is 6.31. The fourth-order valence-electron chi connectivity index (χ4n) is 3.49. The highest BCUT2D eigenvalue weighted by atomic mass is 35.5. The van der Waals surface area contributed by atoms with Gasteiger partial charge in [0.1, 0.15) is 5.75 Å². The Morgan fingerprint density at radius 1 is 1.26 bits per heavy atom. The maximum Gasteiger partial charge on any atom is 0.322 e. The lowest BCUT2D eigenvalue weighted by Crippen LogP contribution is -2.49. The third-order valence-electron chi connectivity index (χ3n) is 5.06. The Kier molecular flexibility index (Phi) is 7.58. The standard InChI is InChI=1S/C19H28ClN3O4/c1-25-18-3-2-15(20)14-17(18)21-19(24)23(16-4-10-26-11-5-16)7-6-22-8-12-27-13-9-22/h2-3,14,16H,4-13H2,1H3,(H,21,24). The van der Waals surface area contributed by atoms with Gasteiger partial charge in [0.05, 0.1) is 26.0 Å². The highest BCUT2D eigenvalue weighted by Gasteiger charge is 2.27. The van der Waals surface area contributed by atoms with Gasteiger partial charge in [-0.3, -0.25) is 4.90 Å². The Morgan fingerprint density at radius 2 is 1.96 bits per heavy atom. The number of nitrogens with one attached hydrogen (secondary N) is 1. The Labute approximate surface area is 165 Å². The molecule has 1 N–H and O–H groups in total. The molecule has 2 aliphatic rings. The molecule has 0 saturated carbocycles. The van der Waals surface area contributed by atoms with Crippen molar-refractivity contribution >= 4 is 23.3 Å². The molecule has 0 aromatic heterocycles. The number of halogens is 1. The van der Waals surface area contributed by atoms with Crippen LogP contribution in [0.25, 0.3) is 0 Å². The van der Waals surface area contributed by atoms with Gasteiger partial charge in [-0.05, 0) is 31.0 Å². The SMILES string of the molecule is COc1ccc(Cl)cc1NC(=O)N(CCN1CCOCC1)C1CCOCC1. The van der Waals surface area contributed by atoms with Gasteiger partial charge in [0.25, 0.3) is 0 Å². The molecule has 1 aromatic carbocycles. The van der Waals surface area contributed by atoms with E-state index in [1.807, 2.05) is 4.90 Å². The van der Waals surface area contributed by atoms with Crippen molar-refractivity contribution in [3.63, 3.8) is 0 Å². The summed E-state index contributed by atoms with van der Waals surface area (Å²) in [5, 5.41) is 3.53. The number of ether oxygens (including phenoxy) is 3. The number of benzene rings is 1. The molecular formula is C19H28ClN3O4. The molecule has 0 atom stereocenters. The van der Waals surface area contributed by atoms with Crippen molar-refractivity contribution < 1.29 is 19.0 Å². The molecule has 0 unspecified atom stereocenters. The lowest BCUT2D eigenvalue weighted by atomic mass is 10.1. The van der Waals surface area contributed by atoms with E-state index in [0.29, 0.717) is 36.2 Å². The van der Waals surface area contributed by atoms with Gasteiger partial charge in [-0.15, -0.1) is 0 Å². The fraction of sp³-hybridized carbons (Fsp3) is 0.632. The Bertz CT molecular complexity index is 619. The molecule has 3 rings (SSSR count). The van der Waals surface area contributed by atoms with Crippen molar-refractivity contribution in [2.75, 3.05) is 65.0 Å². The molecule has 2 amide bonds. The van der Waals surface area contributed by atoms with Crippen LogP contribution in [0.4, 0.5) is 10.5 Å². The average Bonchev–Trinajstić information content (AvgIpc) is 2.70. The largest absolute Gasteiger partial charge is 0.495 e. The summed E-state index contributed by atoms with van der Waals surface area (Å²) in [6, 6.07) is 5.25. The van der Waals surface area contributed by atoms with Gasteiger partial charge in [-0.25, -0.2) is 4.79 Å². The fourth-order valence-corrected chi connectivity index (χ4v) is 3.66. The quantitative estimate of drug-likeness (QED) is 0.799. The molecule has 0 bridgehead atoms. The van der Waals surface area contributed by atoms with Crippen LogP contribution in [0.2, 0.25) is 5.02 Å². The monoisotopic (exact) mass is 397 g/mol. The van der Waals surface area contributed by atoms with Gasteiger partial charge in [-0.2, -0.15) is 0 Å². The molecule has 0 aliphatic carbocycles. The van der Waals surface area contributed by atoms with Gasteiger partial charge >= 0.3 is 6.03 Å². The van der Waals surface area contributed by atoms with E-state index in [1.54, 1.807) is 25.3 Å².